The second-order valence-corrected chi connectivity index (χ2v) is 5.80. The van der Waals surface area contributed by atoms with Gasteiger partial charge >= 0.3 is 6.03 Å². The number of amides is 3. The molecular weight excluding hydrogens is 274 g/mol. The van der Waals surface area contributed by atoms with Gasteiger partial charge in [-0.2, -0.15) is 0 Å². The van der Waals surface area contributed by atoms with Gasteiger partial charge in [0, 0.05) is 4.90 Å². The molecule has 2 atom stereocenters. The molecule has 1 aromatic rings. The molecule has 4 N–H and O–H groups in total. The molecule has 0 radical (unpaired) electrons. The molecule has 0 bridgehead atoms. The first-order chi connectivity index (χ1) is 9.43. The predicted octanol–water partition coefficient (Wildman–Crippen LogP) is 2.03. The molecule has 0 spiro atoms. The first-order valence-electron chi connectivity index (χ1n) is 6.53. The van der Waals surface area contributed by atoms with Crippen molar-refractivity contribution in [3.63, 3.8) is 0 Å². The van der Waals surface area contributed by atoms with Crippen LogP contribution in [0.2, 0.25) is 0 Å². The summed E-state index contributed by atoms with van der Waals surface area (Å²) >= 11 is 1.77. The van der Waals surface area contributed by atoms with E-state index in [1.54, 1.807) is 18.7 Å². The van der Waals surface area contributed by atoms with Crippen molar-refractivity contribution in [3.8, 4) is 0 Å². The summed E-state index contributed by atoms with van der Waals surface area (Å²) in [4.78, 5) is 23.8. The fourth-order valence-corrected chi connectivity index (χ4v) is 2.38. The van der Waals surface area contributed by atoms with Crippen LogP contribution in [0.3, 0.4) is 0 Å². The molecule has 1 aromatic carbocycles. The largest absolute Gasteiger partial charge is 0.352 e. The smallest absolute Gasteiger partial charge is 0.312 e. The topological polar surface area (TPSA) is 84.2 Å². The average molecular weight is 295 g/mol. The van der Waals surface area contributed by atoms with E-state index in [4.69, 9.17) is 5.73 Å². The van der Waals surface area contributed by atoms with Crippen molar-refractivity contribution in [2.75, 3.05) is 5.75 Å². The van der Waals surface area contributed by atoms with E-state index in [0.29, 0.717) is 0 Å². The van der Waals surface area contributed by atoms with Crippen LogP contribution in [0.25, 0.3) is 0 Å². The summed E-state index contributed by atoms with van der Waals surface area (Å²) in [6, 6.07) is 6.59. The lowest BCUT2D eigenvalue weighted by molar-refractivity contribution is -0.123. The minimum Gasteiger partial charge on any atom is -0.352 e. The van der Waals surface area contributed by atoms with Gasteiger partial charge in [0.05, 0.1) is 6.04 Å². The summed E-state index contributed by atoms with van der Waals surface area (Å²) < 4.78 is 0. The van der Waals surface area contributed by atoms with Crippen LogP contribution >= 0.6 is 11.8 Å². The number of carbonyl (C=O) groups is 2. The number of thioether (sulfide) groups is 1. The van der Waals surface area contributed by atoms with Crippen LogP contribution in [0.15, 0.2) is 29.2 Å². The quantitative estimate of drug-likeness (QED) is 0.702. The monoisotopic (exact) mass is 295 g/mol. The summed E-state index contributed by atoms with van der Waals surface area (Å²) in [5.74, 6) is 0.769. The van der Waals surface area contributed by atoms with Crippen LogP contribution in [0.5, 0.6) is 0 Å². The van der Waals surface area contributed by atoms with Crippen molar-refractivity contribution in [3.05, 3.63) is 29.8 Å². The molecule has 110 valence electrons. The van der Waals surface area contributed by atoms with Crippen LogP contribution in [-0.4, -0.2) is 23.7 Å². The number of primary amides is 1. The van der Waals surface area contributed by atoms with E-state index in [1.807, 2.05) is 31.2 Å². The number of nitrogens with two attached hydrogens (primary N) is 1. The highest BCUT2D eigenvalue weighted by atomic mass is 32.2. The SMILES string of the molecule is CCSc1ccc([C@@H](C)NC(=O)[C@@H](C)NC(N)=O)cc1. The average Bonchev–Trinajstić information content (AvgIpc) is 2.39. The lowest BCUT2D eigenvalue weighted by Gasteiger charge is -2.18. The van der Waals surface area contributed by atoms with Crippen LogP contribution in [0.1, 0.15) is 32.4 Å². The first-order valence-corrected chi connectivity index (χ1v) is 7.51. The molecule has 6 heteroatoms. The van der Waals surface area contributed by atoms with Gasteiger partial charge in [-0.1, -0.05) is 19.1 Å². The second-order valence-electron chi connectivity index (χ2n) is 4.46. The van der Waals surface area contributed by atoms with E-state index < -0.39 is 12.1 Å². The summed E-state index contributed by atoms with van der Waals surface area (Å²) in [5.41, 5.74) is 6.00. The third-order valence-corrected chi connectivity index (χ3v) is 3.70. The molecule has 0 fully saturated rings. The van der Waals surface area contributed by atoms with Crippen LogP contribution < -0.4 is 16.4 Å². The zero-order chi connectivity index (χ0) is 15.1. The molecule has 0 heterocycles. The molecule has 0 saturated carbocycles. The number of rotatable bonds is 6. The Balaban J connectivity index is 2.59. The van der Waals surface area contributed by atoms with Gasteiger partial charge in [0.2, 0.25) is 5.91 Å². The fourth-order valence-electron chi connectivity index (χ4n) is 1.72. The summed E-state index contributed by atoms with van der Waals surface area (Å²) in [7, 11) is 0. The third kappa shape index (κ3) is 5.13. The molecule has 0 aliphatic carbocycles. The number of carbonyl (C=O) groups excluding carboxylic acids is 2. The standard InChI is InChI=1S/C14H21N3O2S/c1-4-20-12-7-5-11(6-8-12)9(2)16-13(18)10(3)17-14(15)19/h5-10H,4H2,1-3H3,(H,16,18)(H3,15,17,19)/t9-,10-/m1/s1. The normalized spacial score (nSPS) is 13.3. The molecular formula is C14H21N3O2S. The van der Waals surface area contributed by atoms with Crippen molar-refractivity contribution in [2.45, 2.75) is 37.8 Å². The molecule has 20 heavy (non-hydrogen) atoms. The Kier molecular flexibility index (Phi) is 6.38. The van der Waals surface area contributed by atoms with Gasteiger partial charge in [-0.15, -0.1) is 11.8 Å². The Labute approximate surface area is 123 Å². The summed E-state index contributed by atoms with van der Waals surface area (Å²) in [6.45, 7) is 5.60. The third-order valence-electron chi connectivity index (χ3n) is 2.80. The maximum Gasteiger partial charge on any atom is 0.312 e. The Hall–Kier alpha value is -1.69. The molecule has 0 saturated heterocycles. The zero-order valence-electron chi connectivity index (χ0n) is 12.0. The highest BCUT2D eigenvalue weighted by Crippen LogP contribution is 2.20. The Morgan fingerprint density at radius 2 is 1.80 bits per heavy atom. The Bertz CT molecular complexity index is 462. The molecule has 0 aliphatic heterocycles. The number of urea groups is 1. The van der Waals surface area contributed by atoms with Gasteiger partial charge in [-0.05, 0) is 37.3 Å². The summed E-state index contributed by atoms with van der Waals surface area (Å²) in [5, 5.41) is 5.19. The number of hydrogen-bond donors (Lipinski definition) is 3. The van der Waals surface area contributed by atoms with Gasteiger partial charge in [0.15, 0.2) is 0 Å². The summed E-state index contributed by atoms with van der Waals surface area (Å²) in [6.07, 6.45) is 0. The number of nitrogens with one attached hydrogen (secondary N) is 2. The second kappa shape index (κ2) is 7.79. The molecule has 3 amide bonds. The van der Waals surface area contributed by atoms with Gasteiger partial charge < -0.3 is 16.4 Å². The number of hydrogen-bond acceptors (Lipinski definition) is 3. The fraction of sp³-hybridized carbons (Fsp3) is 0.429. The Morgan fingerprint density at radius 1 is 1.20 bits per heavy atom. The van der Waals surface area contributed by atoms with Gasteiger partial charge in [0.1, 0.15) is 6.04 Å². The lowest BCUT2D eigenvalue weighted by atomic mass is 10.1. The van der Waals surface area contributed by atoms with Crippen LogP contribution in [0, 0.1) is 0 Å². The van der Waals surface area contributed by atoms with E-state index >= 15 is 0 Å². The van der Waals surface area contributed by atoms with Gasteiger partial charge in [-0.3, -0.25) is 4.79 Å². The molecule has 1 rings (SSSR count). The van der Waals surface area contributed by atoms with Crippen molar-refractivity contribution in [2.24, 2.45) is 5.73 Å². The van der Waals surface area contributed by atoms with Gasteiger partial charge in [0.25, 0.3) is 0 Å². The Morgan fingerprint density at radius 3 is 2.30 bits per heavy atom. The van der Waals surface area contributed by atoms with Crippen LogP contribution in [-0.2, 0) is 4.79 Å². The lowest BCUT2D eigenvalue weighted by Crippen LogP contribution is -2.47. The minimum absolute atomic E-state index is 0.125. The van der Waals surface area contributed by atoms with E-state index in [1.165, 1.54) is 4.90 Å². The molecule has 0 unspecified atom stereocenters. The van der Waals surface area contributed by atoms with Crippen molar-refractivity contribution >= 4 is 23.7 Å². The van der Waals surface area contributed by atoms with E-state index in [-0.39, 0.29) is 11.9 Å². The molecule has 5 nitrogen and oxygen atoms in total. The molecule has 0 aromatic heterocycles. The zero-order valence-corrected chi connectivity index (χ0v) is 12.8. The van der Waals surface area contributed by atoms with Crippen molar-refractivity contribution < 1.29 is 9.59 Å². The molecule has 0 aliphatic rings. The van der Waals surface area contributed by atoms with E-state index in [9.17, 15) is 9.59 Å². The van der Waals surface area contributed by atoms with Crippen molar-refractivity contribution in [1.82, 2.24) is 10.6 Å². The minimum atomic E-state index is -0.707. The highest BCUT2D eigenvalue weighted by molar-refractivity contribution is 7.99. The predicted molar refractivity (Wildman–Crippen MR) is 81.6 cm³/mol. The maximum absolute atomic E-state index is 11.8. The van der Waals surface area contributed by atoms with Crippen LogP contribution in [0.4, 0.5) is 4.79 Å². The van der Waals surface area contributed by atoms with E-state index in [2.05, 4.69) is 17.6 Å². The first kappa shape index (κ1) is 16.4. The maximum atomic E-state index is 11.8. The van der Waals surface area contributed by atoms with E-state index in [0.717, 1.165) is 11.3 Å². The van der Waals surface area contributed by atoms with Crippen molar-refractivity contribution in [1.29, 1.82) is 0 Å². The van der Waals surface area contributed by atoms with Gasteiger partial charge in [-0.25, -0.2) is 4.79 Å². The highest BCUT2D eigenvalue weighted by Gasteiger charge is 2.16. The number of benzene rings is 1.